The maximum Gasteiger partial charge on any atom is 0.355 e. The topological polar surface area (TPSA) is 88.7 Å². The molecule has 7 nitrogen and oxygen atoms in total. The van der Waals surface area contributed by atoms with Gasteiger partial charge in [0.15, 0.2) is 6.61 Å². The molecule has 0 radical (unpaired) electrons. The summed E-state index contributed by atoms with van der Waals surface area (Å²) < 4.78 is 10.3. The van der Waals surface area contributed by atoms with E-state index in [0.29, 0.717) is 22.5 Å². The van der Waals surface area contributed by atoms with Crippen molar-refractivity contribution in [1.29, 1.82) is 0 Å². The van der Waals surface area contributed by atoms with E-state index in [-0.39, 0.29) is 17.7 Å². The van der Waals surface area contributed by atoms with Gasteiger partial charge in [-0.3, -0.25) is 4.79 Å². The number of anilines is 1. The van der Waals surface area contributed by atoms with Crippen LogP contribution < -0.4 is 4.90 Å². The number of hydrogen-bond donors (Lipinski definition) is 1. The third kappa shape index (κ3) is 4.75. The van der Waals surface area contributed by atoms with Crippen LogP contribution in [-0.2, 0) is 14.3 Å². The van der Waals surface area contributed by atoms with E-state index in [1.807, 2.05) is 18.2 Å². The second kappa shape index (κ2) is 8.53. The number of H-pyrrole nitrogens is 1. The Morgan fingerprint density at radius 2 is 1.70 bits per heavy atom. The average molecular weight is 372 g/mol. The highest BCUT2D eigenvalue weighted by Crippen LogP contribution is 2.20. The van der Waals surface area contributed by atoms with E-state index in [1.54, 1.807) is 46.9 Å². The molecule has 0 saturated carbocycles. The van der Waals surface area contributed by atoms with E-state index in [1.165, 1.54) is 4.90 Å². The van der Waals surface area contributed by atoms with Gasteiger partial charge in [-0.15, -0.1) is 0 Å². The molecule has 0 saturated heterocycles. The number of amides is 1. The molecule has 1 heterocycles. The molecule has 0 spiro atoms. The Hall–Kier alpha value is -3.09. The molecular formula is C20H24N2O5. The number of aryl methyl sites for hydroxylation is 1. The lowest BCUT2D eigenvalue weighted by Crippen LogP contribution is -2.31. The fraction of sp³-hybridized carbons (Fsp3) is 0.350. The molecule has 27 heavy (non-hydrogen) atoms. The fourth-order valence-electron chi connectivity index (χ4n) is 2.63. The zero-order chi connectivity index (χ0) is 20.1. The lowest BCUT2D eigenvalue weighted by molar-refractivity contribution is -0.121. The van der Waals surface area contributed by atoms with Crippen LogP contribution in [0.2, 0.25) is 0 Å². The fourth-order valence-corrected chi connectivity index (χ4v) is 2.63. The second-order valence-electron chi connectivity index (χ2n) is 6.44. The van der Waals surface area contributed by atoms with Crippen LogP contribution in [0.15, 0.2) is 30.3 Å². The number of benzene rings is 1. The molecule has 0 unspecified atom stereocenters. The molecule has 0 bridgehead atoms. The molecule has 144 valence electrons. The van der Waals surface area contributed by atoms with Crippen molar-refractivity contribution in [1.82, 2.24) is 4.98 Å². The first kappa shape index (κ1) is 20.2. The summed E-state index contributed by atoms with van der Waals surface area (Å²) >= 11 is 0. The number of likely N-dealkylation sites (N-methyl/N-ethyl adjacent to an activating group) is 1. The minimum absolute atomic E-state index is 0.137. The zero-order valence-electron chi connectivity index (χ0n) is 16.2. The summed E-state index contributed by atoms with van der Waals surface area (Å²) in [5.74, 6) is -1.57. The number of ether oxygens (including phenoxy) is 2. The van der Waals surface area contributed by atoms with E-state index in [2.05, 4.69) is 4.98 Å². The van der Waals surface area contributed by atoms with Gasteiger partial charge in [-0.05, 0) is 45.4 Å². The number of hydrogen-bond acceptors (Lipinski definition) is 5. The Kier molecular flexibility index (Phi) is 6.39. The van der Waals surface area contributed by atoms with Crippen molar-refractivity contribution >= 4 is 23.5 Å². The average Bonchev–Trinajstić information content (AvgIpc) is 2.93. The van der Waals surface area contributed by atoms with Crippen LogP contribution in [0.1, 0.15) is 46.0 Å². The number of para-hydroxylation sites is 1. The van der Waals surface area contributed by atoms with E-state index < -0.39 is 18.5 Å². The lowest BCUT2D eigenvalue weighted by Gasteiger charge is -2.17. The number of esters is 2. The van der Waals surface area contributed by atoms with Crippen molar-refractivity contribution in [3.8, 4) is 0 Å². The van der Waals surface area contributed by atoms with Crippen LogP contribution in [0.4, 0.5) is 5.69 Å². The minimum atomic E-state index is -0.700. The van der Waals surface area contributed by atoms with Gasteiger partial charge in [0, 0.05) is 18.4 Å². The number of carbonyl (C=O) groups excluding carboxylic acids is 3. The highest BCUT2D eigenvalue weighted by molar-refractivity contribution is 6.00. The van der Waals surface area contributed by atoms with E-state index in [4.69, 9.17) is 9.47 Å². The molecule has 0 aliphatic heterocycles. The van der Waals surface area contributed by atoms with Gasteiger partial charge in [-0.1, -0.05) is 18.2 Å². The Balaban J connectivity index is 2.06. The van der Waals surface area contributed by atoms with Crippen LogP contribution in [0, 0.1) is 13.8 Å². The van der Waals surface area contributed by atoms with Gasteiger partial charge < -0.3 is 19.4 Å². The van der Waals surface area contributed by atoms with Crippen LogP contribution >= 0.6 is 0 Å². The van der Waals surface area contributed by atoms with Crippen LogP contribution in [-0.4, -0.2) is 42.6 Å². The van der Waals surface area contributed by atoms with Gasteiger partial charge in [-0.2, -0.15) is 0 Å². The predicted octanol–water partition coefficient (Wildman–Crippen LogP) is 3.02. The summed E-state index contributed by atoms with van der Waals surface area (Å²) in [6.45, 7) is 6.40. The van der Waals surface area contributed by atoms with Crippen LogP contribution in [0.25, 0.3) is 0 Å². The van der Waals surface area contributed by atoms with Gasteiger partial charge in [0.05, 0.1) is 11.7 Å². The number of carbonyl (C=O) groups is 3. The van der Waals surface area contributed by atoms with E-state index >= 15 is 0 Å². The van der Waals surface area contributed by atoms with Crippen molar-refractivity contribution in [2.45, 2.75) is 33.8 Å². The normalized spacial score (nSPS) is 10.6. The molecule has 0 aliphatic carbocycles. The number of nitrogens with zero attached hydrogens (tertiary/aromatic N) is 1. The monoisotopic (exact) mass is 372 g/mol. The van der Waals surface area contributed by atoms with Crippen LogP contribution in [0.3, 0.4) is 0 Å². The van der Waals surface area contributed by atoms with Gasteiger partial charge in [0.1, 0.15) is 5.69 Å². The highest BCUT2D eigenvalue weighted by Gasteiger charge is 2.25. The Labute approximate surface area is 158 Å². The second-order valence-corrected chi connectivity index (χ2v) is 6.44. The van der Waals surface area contributed by atoms with E-state index in [0.717, 1.165) is 0 Å². The third-order valence-electron chi connectivity index (χ3n) is 4.03. The molecule has 1 amide bonds. The summed E-state index contributed by atoms with van der Waals surface area (Å²) in [4.78, 5) is 41.0. The molecule has 0 atom stereocenters. The van der Waals surface area contributed by atoms with Crippen molar-refractivity contribution in [2.24, 2.45) is 0 Å². The van der Waals surface area contributed by atoms with Gasteiger partial charge in [-0.25, -0.2) is 9.59 Å². The molecule has 1 N–H and O–H groups in total. The third-order valence-corrected chi connectivity index (χ3v) is 4.03. The number of nitrogens with one attached hydrogen (secondary N) is 1. The van der Waals surface area contributed by atoms with E-state index in [9.17, 15) is 14.4 Å². The summed E-state index contributed by atoms with van der Waals surface area (Å²) in [6.07, 6.45) is -0.271. The number of aromatic amines is 1. The zero-order valence-corrected chi connectivity index (χ0v) is 16.2. The van der Waals surface area contributed by atoms with Crippen molar-refractivity contribution in [2.75, 3.05) is 18.6 Å². The van der Waals surface area contributed by atoms with Crippen molar-refractivity contribution in [3.05, 3.63) is 52.8 Å². The molecule has 2 rings (SSSR count). The summed E-state index contributed by atoms with van der Waals surface area (Å²) in [5, 5.41) is 0. The first-order chi connectivity index (χ1) is 12.7. The molecule has 0 aliphatic rings. The molecular weight excluding hydrogens is 348 g/mol. The smallest absolute Gasteiger partial charge is 0.355 e. The maximum absolute atomic E-state index is 12.4. The quantitative estimate of drug-likeness (QED) is 0.788. The molecule has 1 aromatic heterocycles. The Morgan fingerprint density at radius 3 is 2.30 bits per heavy atom. The SMILES string of the molecule is Cc1[nH]c(C(=O)OCC(=O)N(C)c2ccccc2)c(C)c1C(=O)OC(C)C. The van der Waals surface area contributed by atoms with Crippen molar-refractivity contribution < 1.29 is 23.9 Å². The molecule has 1 aromatic carbocycles. The highest BCUT2D eigenvalue weighted by atomic mass is 16.5. The number of aromatic nitrogens is 1. The largest absolute Gasteiger partial charge is 0.459 e. The Morgan fingerprint density at radius 1 is 1.07 bits per heavy atom. The molecule has 2 aromatic rings. The maximum atomic E-state index is 12.4. The standard InChI is InChI=1S/C20H24N2O5/c1-12(2)27-19(24)17-13(3)18(21-14(17)4)20(25)26-11-16(23)22(5)15-9-7-6-8-10-15/h6-10,12,21H,11H2,1-5H3. The summed E-state index contributed by atoms with van der Waals surface area (Å²) in [5.41, 5.74) is 2.09. The summed E-state index contributed by atoms with van der Waals surface area (Å²) in [7, 11) is 1.61. The minimum Gasteiger partial charge on any atom is -0.459 e. The predicted molar refractivity (Wildman–Crippen MR) is 101 cm³/mol. The molecule has 7 heteroatoms. The van der Waals surface area contributed by atoms with Gasteiger partial charge in [0.25, 0.3) is 5.91 Å². The first-order valence-electron chi connectivity index (χ1n) is 8.61. The lowest BCUT2D eigenvalue weighted by atomic mass is 10.1. The molecule has 0 fully saturated rings. The first-order valence-corrected chi connectivity index (χ1v) is 8.61. The van der Waals surface area contributed by atoms with Gasteiger partial charge >= 0.3 is 11.9 Å². The Bertz CT molecular complexity index is 840. The van der Waals surface area contributed by atoms with Crippen LogP contribution in [0.5, 0.6) is 0 Å². The number of rotatable bonds is 6. The van der Waals surface area contributed by atoms with Crippen molar-refractivity contribution in [3.63, 3.8) is 0 Å². The van der Waals surface area contributed by atoms with Gasteiger partial charge in [0.2, 0.25) is 0 Å². The summed E-state index contributed by atoms with van der Waals surface area (Å²) in [6, 6.07) is 9.04.